The summed E-state index contributed by atoms with van der Waals surface area (Å²) in [6, 6.07) is 9.12. The predicted molar refractivity (Wildman–Crippen MR) is 147 cm³/mol. The van der Waals surface area contributed by atoms with E-state index >= 15 is 0 Å². The summed E-state index contributed by atoms with van der Waals surface area (Å²) in [6.45, 7) is 11.2. The van der Waals surface area contributed by atoms with Crippen molar-refractivity contribution in [3.8, 4) is 5.75 Å². The molecule has 206 valence electrons. The zero-order valence-electron chi connectivity index (χ0n) is 23.2. The summed E-state index contributed by atoms with van der Waals surface area (Å²) in [6.07, 6.45) is 5.28. The van der Waals surface area contributed by atoms with E-state index in [0.29, 0.717) is 28.8 Å². The Hall–Kier alpha value is -3.20. The highest BCUT2D eigenvalue weighted by Crippen LogP contribution is 2.42. The Labute approximate surface area is 229 Å². The quantitative estimate of drug-likeness (QED) is 0.496. The van der Waals surface area contributed by atoms with Crippen molar-refractivity contribution in [1.29, 1.82) is 0 Å². The van der Waals surface area contributed by atoms with Gasteiger partial charge in [-0.1, -0.05) is 12.1 Å². The molecule has 2 aromatic heterocycles. The lowest BCUT2D eigenvalue weighted by Crippen LogP contribution is -2.67. The van der Waals surface area contributed by atoms with E-state index in [-0.39, 0.29) is 12.0 Å². The van der Waals surface area contributed by atoms with Crippen LogP contribution in [0.25, 0.3) is 5.78 Å². The molecule has 3 aliphatic heterocycles. The number of hydrogen-bond acceptors (Lipinski definition) is 7. The first-order chi connectivity index (χ1) is 18.9. The number of anilines is 1. The summed E-state index contributed by atoms with van der Waals surface area (Å²) in [4.78, 5) is 26.4. The Balaban J connectivity index is 0.931. The maximum Gasteiger partial charge on any atom is 0.253 e. The average Bonchev–Trinajstić information content (AvgIpc) is 3.51. The van der Waals surface area contributed by atoms with E-state index in [1.54, 1.807) is 4.52 Å². The lowest BCUT2D eigenvalue weighted by molar-refractivity contribution is -0.198. The van der Waals surface area contributed by atoms with Gasteiger partial charge in [0.1, 0.15) is 11.9 Å². The number of ether oxygens (including phenoxy) is 2. The highest BCUT2D eigenvalue weighted by Gasteiger charge is 2.51. The fourth-order valence-electron chi connectivity index (χ4n) is 7.04. The van der Waals surface area contributed by atoms with Crippen LogP contribution in [0.15, 0.2) is 24.3 Å². The molecule has 0 radical (unpaired) electrons. The standard InChI is InChI=1S/C30H38N6O3/c1-19-27(20(2)36-29(31-19)32-21(3)33-36)39-26-12-13-34(14-26)25-10-8-23(9-11-25)22-4-6-24(7-5-22)28(37)35-15-30(16-35)17-38-18-30/h8-11,22,24,26H,4-7,12-18H2,1-3H3/t22-,24-,26-/m1/s1. The van der Waals surface area contributed by atoms with Crippen LogP contribution in [0.1, 0.15) is 60.8 Å². The molecule has 0 bridgehead atoms. The first kappa shape index (κ1) is 24.8. The average molecular weight is 531 g/mol. The number of fused-ring (bicyclic) bond motifs is 1. The van der Waals surface area contributed by atoms with Gasteiger partial charge in [0.15, 0.2) is 5.75 Å². The van der Waals surface area contributed by atoms with Gasteiger partial charge in [-0.3, -0.25) is 4.79 Å². The Morgan fingerprint density at radius 1 is 1.00 bits per heavy atom. The summed E-state index contributed by atoms with van der Waals surface area (Å²) in [5, 5.41) is 4.47. The Morgan fingerprint density at radius 3 is 2.44 bits per heavy atom. The first-order valence-corrected chi connectivity index (χ1v) is 14.5. The molecule has 7 rings (SSSR count). The van der Waals surface area contributed by atoms with Crippen LogP contribution in [-0.4, -0.2) is 75.9 Å². The van der Waals surface area contributed by atoms with Crippen LogP contribution in [0.3, 0.4) is 0 Å². The number of carbonyl (C=O) groups is 1. The van der Waals surface area contributed by atoms with Crippen molar-refractivity contribution < 1.29 is 14.3 Å². The summed E-state index contributed by atoms with van der Waals surface area (Å²) in [7, 11) is 0. The molecule has 5 heterocycles. The number of rotatable bonds is 5. The highest BCUT2D eigenvalue weighted by atomic mass is 16.5. The molecule has 0 unspecified atom stereocenters. The van der Waals surface area contributed by atoms with Crippen LogP contribution < -0.4 is 9.64 Å². The lowest BCUT2D eigenvalue weighted by atomic mass is 9.74. The van der Waals surface area contributed by atoms with Crippen LogP contribution in [-0.2, 0) is 9.53 Å². The molecule has 39 heavy (non-hydrogen) atoms. The summed E-state index contributed by atoms with van der Waals surface area (Å²) >= 11 is 0. The third-order valence-corrected chi connectivity index (χ3v) is 9.35. The molecule has 9 heteroatoms. The predicted octanol–water partition coefficient (Wildman–Crippen LogP) is 3.84. The molecule has 0 N–H and O–H groups in total. The van der Waals surface area contributed by atoms with Crippen molar-refractivity contribution >= 4 is 17.4 Å². The minimum atomic E-state index is 0.108. The van der Waals surface area contributed by atoms with Gasteiger partial charge in [0.25, 0.3) is 5.78 Å². The van der Waals surface area contributed by atoms with E-state index in [4.69, 9.17) is 9.47 Å². The maximum absolute atomic E-state index is 12.9. The molecule has 4 aliphatic rings. The van der Waals surface area contributed by atoms with Crippen molar-refractivity contribution in [1.82, 2.24) is 24.5 Å². The Bertz CT molecular complexity index is 1380. The van der Waals surface area contributed by atoms with Crippen molar-refractivity contribution in [3.05, 3.63) is 47.0 Å². The van der Waals surface area contributed by atoms with Gasteiger partial charge in [0.05, 0.1) is 36.6 Å². The summed E-state index contributed by atoms with van der Waals surface area (Å²) < 4.78 is 13.6. The molecule has 1 saturated carbocycles. The summed E-state index contributed by atoms with van der Waals surface area (Å²) in [5.74, 6) is 3.28. The number of aromatic nitrogens is 4. The zero-order chi connectivity index (χ0) is 26.7. The van der Waals surface area contributed by atoms with E-state index in [2.05, 4.69) is 49.1 Å². The largest absolute Gasteiger partial charge is 0.485 e. The van der Waals surface area contributed by atoms with Crippen LogP contribution in [0.4, 0.5) is 5.69 Å². The van der Waals surface area contributed by atoms with Crippen LogP contribution in [0.5, 0.6) is 5.75 Å². The van der Waals surface area contributed by atoms with Crippen LogP contribution in [0.2, 0.25) is 0 Å². The molecular formula is C30H38N6O3. The van der Waals surface area contributed by atoms with Gasteiger partial charge in [-0.05, 0) is 70.1 Å². The number of likely N-dealkylation sites (tertiary alicyclic amines) is 1. The van der Waals surface area contributed by atoms with Crippen molar-refractivity contribution in [2.45, 2.75) is 64.9 Å². The molecule has 1 atom stereocenters. The second-order valence-electron chi connectivity index (χ2n) is 12.3. The minimum absolute atomic E-state index is 0.108. The number of benzene rings is 1. The van der Waals surface area contributed by atoms with Crippen molar-refractivity contribution in [2.75, 3.05) is 44.3 Å². The van der Waals surface area contributed by atoms with Crippen molar-refractivity contribution in [3.63, 3.8) is 0 Å². The van der Waals surface area contributed by atoms with E-state index in [1.165, 1.54) is 11.3 Å². The van der Waals surface area contributed by atoms with E-state index < -0.39 is 0 Å². The highest BCUT2D eigenvalue weighted by molar-refractivity contribution is 5.80. The second kappa shape index (κ2) is 9.47. The summed E-state index contributed by atoms with van der Waals surface area (Å²) in [5.41, 5.74) is 4.75. The van der Waals surface area contributed by atoms with Crippen molar-refractivity contribution in [2.24, 2.45) is 11.3 Å². The maximum atomic E-state index is 12.9. The molecule has 3 saturated heterocycles. The molecule has 9 nitrogen and oxygen atoms in total. The Kier molecular flexibility index (Phi) is 6.02. The zero-order valence-corrected chi connectivity index (χ0v) is 23.2. The number of aryl methyl sites for hydroxylation is 3. The van der Waals surface area contributed by atoms with E-state index in [0.717, 1.165) is 88.6 Å². The third kappa shape index (κ3) is 4.44. The fourth-order valence-corrected chi connectivity index (χ4v) is 7.04. The number of hydrogen-bond donors (Lipinski definition) is 0. The molecule has 1 spiro atoms. The minimum Gasteiger partial charge on any atom is -0.485 e. The van der Waals surface area contributed by atoms with Gasteiger partial charge < -0.3 is 19.3 Å². The third-order valence-electron chi connectivity index (χ3n) is 9.35. The van der Waals surface area contributed by atoms with Gasteiger partial charge in [0, 0.05) is 37.7 Å². The lowest BCUT2D eigenvalue weighted by Gasteiger charge is -2.55. The Morgan fingerprint density at radius 2 is 1.74 bits per heavy atom. The molecule has 1 aliphatic carbocycles. The first-order valence-electron chi connectivity index (χ1n) is 14.5. The number of nitrogens with zero attached hydrogens (tertiary/aromatic N) is 6. The smallest absolute Gasteiger partial charge is 0.253 e. The fraction of sp³-hybridized carbons (Fsp3) is 0.600. The second-order valence-corrected chi connectivity index (χ2v) is 12.3. The number of amides is 1. The SMILES string of the molecule is Cc1nc2nc(C)c(O[C@@H]3CCN(c4ccc([C@H]5CC[C@H](C(=O)N6CC7(COC7)C6)CC5)cc4)C3)c(C)n2n1. The molecule has 4 fully saturated rings. The normalized spacial score (nSPS) is 26.1. The monoisotopic (exact) mass is 530 g/mol. The molecule has 3 aromatic rings. The molecule has 1 amide bonds. The topological polar surface area (TPSA) is 85.1 Å². The molecule has 1 aromatic carbocycles. The van der Waals surface area contributed by atoms with Gasteiger partial charge >= 0.3 is 0 Å². The van der Waals surface area contributed by atoms with E-state index in [9.17, 15) is 4.79 Å². The van der Waals surface area contributed by atoms with Gasteiger partial charge in [-0.15, -0.1) is 5.10 Å². The van der Waals surface area contributed by atoms with Gasteiger partial charge in [-0.25, -0.2) is 4.98 Å². The number of carbonyl (C=O) groups excluding carboxylic acids is 1. The van der Waals surface area contributed by atoms with Crippen LogP contribution in [0, 0.1) is 32.1 Å². The van der Waals surface area contributed by atoms with Gasteiger partial charge in [0.2, 0.25) is 5.91 Å². The van der Waals surface area contributed by atoms with Crippen LogP contribution >= 0.6 is 0 Å². The molecular weight excluding hydrogens is 492 g/mol. The van der Waals surface area contributed by atoms with E-state index in [1.807, 2.05) is 20.8 Å². The van der Waals surface area contributed by atoms with Gasteiger partial charge in [-0.2, -0.15) is 9.50 Å².